The van der Waals surface area contributed by atoms with Gasteiger partial charge in [-0.05, 0) is 24.1 Å². The van der Waals surface area contributed by atoms with Crippen molar-refractivity contribution >= 4 is 22.4 Å². The van der Waals surface area contributed by atoms with E-state index in [1.807, 2.05) is 24.3 Å². The molecule has 0 aliphatic heterocycles. The van der Waals surface area contributed by atoms with E-state index in [9.17, 15) is 9.59 Å². The quantitative estimate of drug-likeness (QED) is 0.656. The van der Waals surface area contributed by atoms with Gasteiger partial charge in [0, 0.05) is 18.1 Å². The molecule has 3 rings (SSSR count). The first-order valence-corrected chi connectivity index (χ1v) is 9.61. The van der Waals surface area contributed by atoms with Gasteiger partial charge in [0.2, 0.25) is 11.0 Å². The number of carbonyl (C=O) groups excluding carboxylic acids is 1. The maximum absolute atomic E-state index is 12.3. The van der Waals surface area contributed by atoms with Crippen LogP contribution in [0.2, 0.25) is 0 Å². The third kappa shape index (κ3) is 5.01. The molecule has 2 heterocycles. The maximum Gasteiger partial charge on any atom is 0.267 e. The number of anilines is 1. The van der Waals surface area contributed by atoms with Crippen molar-refractivity contribution in [3.05, 3.63) is 51.8 Å². The van der Waals surface area contributed by atoms with Crippen molar-refractivity contribution in [2.24, 2.45) is 5.92 Å². The Morgan fingerprint density at radius 1 is 1.25 bits per heavy atom. The Balaban J connectivity index is 1.73. The highest BCUT2D eigenvalue weighted by Crippen LogP contribution is 2.21. The van der Waals surface area contributed by atoms with Crippen molar-refractivity contribution in [2.75, 3.05) is 12.4 Å². The molecule has 28 heavy (non-hydrogen) atoms. The molecule has 0 aliphatic rings. The van der Waals surface area contributed by atoms with Crippen LogP contribution in [0.15, 0.2) is 41.2 Å². The van der Waals surface area contributed by atoms with Crippen molar-refractivity contribution in [2.45, 2.75) is 26.8 Å². The highest BCUT2D eigenvalue weighted by molar-refractivity contribution is 7.15. The molecule has 0 saturated carbocycles. The number of nitrogens with zero attached hydrogens (tertiary/aromatic N) is 4. The molecule has 0 spiro atoms. The molecule has 0 aliphatic carbocycles. The lowest BCUT2D eigenvalue weighted by atomic mass is 10.1. The first kappa shape index (κ1) is 19.7. The molecule has 2 aromatic heterocycles. The van der Waals surface area contributed by atoms with Gasteiger partial charge >= 0.3 is 0 Å². The fourth-order valence-electron chi connectivity index (χ4n) is 2.53. The summed E-state index contributed by atoms with van der Waals surface area (Å²) in [7, 11) is 1.58. The topological polar surface area (TPSA) is 99.0 Å². The highest BCUT2D eigenvalue weighted by Gasteiger charge is 2.12. The zero-order valence-corrected chi connectivity index (χ0v) is 16.7. The van der Waals surface area contributed by atoms with Gasteiger partial charge in [0.15, 0.2) is 0 Å². The summed E-state index contributed by atoms with van der Waals surface area (Å²) < 4.78 is 6.34. The monoisotopic (exact) mass is 399 g/mol. The first-order chi connectivity index (χ1) is 13.4. The van der Waals surface area contributed by atoms with E-state index >= 15 is 0 Å². The van der Waals surface area contributed by atoms with E-state index in [1.165, 1.54) is 17.4 Å². The molecule has 146 valence electrons. The molecule has 1 amide bonds. The van der Waals surface area contributed by atoms with Crippen LogP contribution in [0.3, 0.4) is 0 Å². The number of nitrogens with one attached hydrogen (secondary N) is 1. The smallest absolute Gasteiger partial charge is 0.267 e. The van der Waals surface area contributed by atoms with E-state index in [1.54, 1.807) is 13.2 Å². The number of carbonyl (C=O) groups is 1. The molecule has 0 radical (unpaired) electrons. The predicted molar refractivity (Wildman–Crippen MR) is 108 cm³/mol. The summed E-state index contributed by atoms with van der Waals surface area (Å²) in [6, 6.07) is 10.3. The number of amides is 1. The van der Waals surface area contributed by atoms with E-state index in [0.717, 1.165) is 21.7 Å². The third-order valence-electron chi connectivity index (χ3n) is 3.82. The Morgan fingerprint density at radius 3 is 2.82 bits per heavy atom. The van der Waals surface area contributed by atoms with Gasteiger partial charge < -0.3 is 4.74 Å². The Bertz CT molecular complexity index is 1030. The van der Waals surface area contributed by atoms with E-state index < -0.39 is 0 Å². The summed E-state index contributed by atoms with van der Waals surface area (Å²) in [6.45, 7) is 3.97. The minimum absolute atomic E-state index is 0.213. The van der Waals surface area contributed by atoms with Crippen LogP contribution in [0.25, 0.3) is 11.3 Å². The zero-order valence-electron chi connectivity index (χ0n) is 15.9. The van der Waals surface area contributed by atoms with Crippen molar-refractivity contribution < 1.29 is 9.53 Å². The summed E-state index contributed by atoms with van der Waals surface area (Å²) in [5, 5.41) is 16.3. The van der Waals surface area contributed by atoms with Gasteiger partial charge in [-0.2, -0.15) is 5.10 Å². The second-order valence-corrected chi connectivity index (χ2v) is 7.66. The summed E-state index contributed by atoms with van der Waals surface area (Å²) in [4.78, 5) is 24.4. The van der Waals surface area contributed by atoms with Crippen molar-refractivity contribution in [1.82, 2.24) is 20.0 Å². The SMILES string of the molecule is COc1cccc(-c2ccc(=O)n(CC(=O)Nc3nnc(CC(C)C)s3)n2)c1. The Labute approximate surface area is 166 Å². The van der Waals surface area contributed by atoms with E-state index in [0.29, 0.717) is 22.5 Å². The highest BCUT2D eigenvalue weighted by atomic mass is 32.1. The average Bonchev–Trinajstić information content (AvgIpc) is 3.09. The number of benzene rings is 1. The van der Waals surface area contributed by atoms with Gasteiger partial charge in [-0.25, -0.2) is 4.68 Å². The minimum Gasteiger partial charge on any atom is -0.497 e. The molecule has 0 unspecified atom stereocenters. The van der Waals surface area contributed by atoms with Gasteiger partial charge in [-0.15, -0.1) is 10.2 Å². The van der Waals surface area contributed by atoms with Gasteiger partial charge in [-0.1, -0.05) is 37.3 Å². The standard InChI is InChI=1S/C19H21N5O3S/c1-12(2)9-17-21-22-19(28-17)20-16(25)11-24-18(26)8-7-15(23-24)13-5-4-6-14(10-13)27-3/h4-8,10,12H,9,11H2,1-3H3,(H,20,22,25). The van der Waals surface area contributed by atoms with Gasteiger partial charge in [0.1, 0.15) is 17.3 Å². The molecule has 1 aromatic carbocycles. The van der Waals surface area contributed by atoms with E-state index in [4.69, 9.17) is 4.74 Å². The summed E-state index contributed by atoms with van der Waals surface area (Å²) in [5.74, 6) is 0.756. The lowest BCUT2D eigenvalue weighted by Crippen LogP contribution is -2.29. The van der Waals surface area contributed by atoms with E-state index in [-0.39, 0.29) is 18.0 Å². The number of hydrogen-bond acceptors (Lipinski definition) is 7. The van der Waals surface area contributed by atoms with Crippen molar-refractivity contribution in [3.8, 4) is 17.0 Å². The lowest BCUT2D eigenvalue weighted by molar-refractivity contribution is -0.117. The number of methoxy groups -OCH3 is 1. The van der Waals surface area contributed by atoms with Crippen LogP contribution in [-0.2, 0) is 17.8 Å². The number of aromatic nitrogens is 4. The summed E-state index contributed by atoms with van der Waals surface area (Å²) in [5.41, 5.74) is 0.997. The first-order valence-electron chi connectivity index (χ1n) is 8.79. The largest absolute Gasteiger partial charge is 0.497 e. The second kappa shape index (κ2) is 8.75. The van der Waals surface area contributed by atoms with Crippen molar-refractivity contribution in [3.63, 3.8) is 0 Å². The molecule has 0 saturated heterocycles. The molecular formula is C19H21N5O3S. The molecule has 0 fully saturated rings. The Hall–Kier alpha value is -3.07. The van der Waals surface area contributed by atoms with Crippen LogP contribution in [-0.4, -0.2) is 33.0 Å². The molecule has 9 heteroatoms. The van der Waals surface area contributed by atoms with Crippen LogP contribution in [0.5, 0.6) is 5.75 Å². The maximum atomic E-state index is 12.3. The lowest BCUT2D eigenvalue weighted by Gasteiger charge is -2.08. The van der Waals surface area contributed by atoms with Crippen LogP contribution in [0, 0.1) is 5.92 Å². The second-order valence-electron chi connectivity index (χ2n) is 6.59. The molecule has 8 nitrogen and oxygen atoms in total. The van der Waals surface area contributed by atoms with Gasteiger partial charge in [0.25, 0.3) is 5.56 Å². The minimum atomic E-state index is -0.385. The zero-order chi connectivity index (χ0) is 20.1. The number of hydrogen-bond donors (Lipinski definition) is 1. The van der Waals surface area contributed by atoms with Crippen LogP contribution >= 0.6 is 11.3 Å². The number of ether oxygens (including phenoxy) is 1. The third-order valence-corrected chi connectivity index (χ3v) is 4.68. The summed E-state index contributed by atoms with van der Waals surface area (Å²) in [6.07, 6.45) is 0.803. The normalized spacial score (nSPS) is 10.9. The molecular weight excluding hydrogens is 378 g/mol. The summed E-state index contributed by atoms with van der Waals surface area (Å²) >= 11 is 1.33. The fourth-order valence-corrected chi connectivity index (χ4v) is 3.50. The Kier molecular flexibility index (Phi) is 6.15. The number of rotatable bonds is 7. The molecule has 0 atom stereocenters. The predicted octanol–water partition coefficient (Wildman–Crippen LogP) is 2.61. The Morgan fingerprint density at radius 2 is 2.07 bits per heavy atom. The van der Waals surface area contributed by atoms with Gasteiger partial charge in [-0.3, -0.25) is 14.9 Å². The fraction of sp³-hybridized carbons (Fsp3) is 0.316. The molecule has 0 bridgehead atoms. The molecule has 1 N–H and O–H groups in total. The van der Waals surface area contributed by atoms with E-state index in [2.05, 4.69) is 34.5 Å². The van der Waals surface area contributed by atoms with Crippen LogP contribution < -0.4 is 15.6 Å². The van der Waals surface area contributed by atoms with Crippen LogP contribution in [0.1, 0.15) is 18.9 Å². The molecule has 3 aromatic rings. The van der Waals surface area contributed by atoms with Gasteiger partial charge in [0.05, 0.1) is 12.8 Å². The average molecular weight is 399 g/mol. The van der Waals surface area contributed by atoms with Crippen LogP contribution in [0.4, 0.5) is 5.13 Å². The van der Waals surface area contributed by atoms with Crippen molar-refractivity contribution in [1.29, 1.82) is 0 Å².